The quantitative estimate of drug-likeness (QED) is 0.676. The molecule has 4 rings (SSSR count). The molecule has 1 aliphatic rings. The number of ether oxygens (including phenoxy) is 1. The van der Waals surface area contributed by atoms with Gasteiger partial charge in [0.2, 0.25) is 0 Å². The maximum atomic E-state index is 14.2. The molecule has 1 heterocycles. The van der Waals surface area contributed by atoms with Crippen molar-refractivity contribution >= 4 is 23.2 Å². The molecule has 0 radical (unpaired) electrons. The monoisotopic (exact) mass is 394 g/mol. The SMILES string of the molecule is Cl.Fc1ccc(O[C@@H]2CC[C@H]2NCc2c(F)ccc3cnccc23)cc1F. The van der Waals surface area contributed by atoms with Crippen molar-refractivity contribution in [2.24, 2.45) is 0 Å². The average molecular weight is 395 g/mol. The van der Waals surface area contributed by atoms with Gasteiger partial charge >= 0.3 is 0 Å². The molecule has 1 aromatic heterocycles. The third-order valence-corrected chi connectivity index (χ3v) is 4.81. The van der Waals surface area contributed by atoms with Gasteiger partial charge in [0.1, 0.15) is 17.7 Å². The van der Waals surface area contributed by atoms with E-state index in [-0.39, 0.29) is 30.4 Å². The van der Waals surface area contributed by atoms with E-state index >= 15 is 0 Å². The van der Waals surface area contributed by atoms with Crippen molar-refractivity contribution in [1.29, 1.82) is 0 Å². The van der Waals surface area contributed by atoms with Crippen LogP contribution in [0.15, 0.2) is 48.8 Å². The summed E-state index contributed by atoms with van der Waals surface area (Å²) in [6, 6.07) is 8.47. The summed E-state index contributed by atoms with van der Waals surface area (Å²) < 4.78 is 46.3. The molecule has 0 bridgehead atoms. The van der Waals surface area contributed by atoms with Crippen LogP contribution in [0.3, 0.4) is 0 Å². The average Bonchev–Trinajstić information content (AvgIpc) is 2.63. The molecule has 0 amide bonds. The summed E-state index contributed by atoms with van der Waals surface area (Å²) in [5.74, 6) is -1.81. The standard InChI is InChI=1S/C20H17F3N2O.ClH/c21-16-3-1-12-10-24-8-7-14(12)15(16)11-25-19-5-6-20(19)26-13-2-4-17(22)18(23)9-13;/h1-4,7-10,19-20,25H,5-6,11H2;1H/t19-,20-;/m1./s1. The summed E-state index contributed by atoms with van der Waals surface area (Å²) in [5.41, 5.74) is 0.586. The van der Waals surface area contributed by atoms with Crippen LogP contribution in [0.5, 0.6) is 5.75 Å². The van der Waals surface area contributed by atoms with E-state index in [9.17, 15) is 13.2 Å². The first-order valence-corrected chi connectivity index (χ1v) is 8.48. The summed E-state index contributed by atoms with van der Waals surface area (Å²) in [7, 11) is 0. The molecule has 1 fully saturated rings. The number of benzene rings is 2. The van der Waals surface area contributed by atoms with Crippen molar-refractivity contribution in [3.8, 4) is 5.75 Å². The fourth-order valence-electron chi connectivity index (χ4n) is 3.19. The summed E-state index contributed by atoms with van der Waals surface area (Å²) in [4.78, 5) is 4.06. The second-order valence-electron chi connectivity index (χ2n) is 6.42. The highest BCUT2D eigenvalue weighted by molar-refractivity contribution is 5.85. The fourth-order valence-corrected chi connectivity index (χ4v) is 3.19. The molecule has 0 unspecified atom stereocenters. The van der Waals surface area contributed by atoms with E-state index in [1.807, 2.05) is 0 Å². The van der Waals surface area contributed by atoms with Gasteiger partial charge in [-0.25, -0.2) is 13.2 Å². The van der Waals surface area contributed by atoms with Crippen LogP contribution < -0.4 is 10.1 Å². The Bertz CT molecular complexity index is 954. The molecular formula is C20H18ClF3N2O. The smallest absolute Gasteiger partial charge is 0.162 e. The zero-order chi connectivity index (χ0) is 18.1. The van der Waals surface area contributed by atoms with Gasteiger partial charge in [0, 0.05) is 42.0 Å². The highest BCUT2D eigenvalue weighted by Crippen LogP contribution is 2.28. The molecule has 3 nitrogen and oxygen atoms in total. The molecule has 3 aromatic rings. The van der Waals surface area contributed by atoms with E-state index in [1.54, 1.807) is 24.5 Å². The van der Waals surface area contributed by atoms with Crippen LogP contribution in [0.25, 0.3) is 10.8 Å². The van der Waals surface area contributed by atoms with Gasteiger partial charge in [-0.1, -0.05) is 0 Å². The molecular weight excluding hydrogens is 377 g/mol. The maximum absolute atomic E-state index is 14.2. The summed E-state index contributed by atoms with van der Waals surface area (Å²) >= 11 is 0. The normalized spacial score (nSPS) is 18.6. The van der Waals surface area contributed by atoms with E-state index in [0.717, 1.165) is 35.7 Å². The van der Waals surface area contributed by atoms with Gasteiger partial charge in [0.25, 0.3) is 0 Å². The van der Waals surface area contributed by atoms with Gasteiger partial charge in [0.05, 0.1) is 0 Å². The lowest BCUT2D eigenvalue weighted by atomic mass is 9.88. The van der Waals surface area contributed by atoms with Crippen molar-refractivity contribution in [1.82, 2.24) is 10.3 Å². The van der Waals surface area contributed by atoms with Crippen LogP contribution in [-0.2, 0) is 6.54 Å². The fraction of sp³-hybridized carbons (Fsp3) is 0.250. The Hall–Kier alpha value is -2.31. The first kappa shape index (κ1) is 19.5. The number of halogens is 4. The minimum Gasteiger partial charge on any atom is -0.489 e. The van der Waals surface area contributed by atoms with E-state index in [2.05, 4.69) is 10.3 Å². The molecule has 2 aromatic carbocycles. The minimum atomic E-state index is -0.933. The predicted molar refractivity (Wildman–Crippen MR) is 99.6 cm³/mol. The first-order valence-electron chi connectivity index (χ1n) is 8.48. The van der Waals surface area contributed by atoms with Crippen molar-refractivity contribution in [3.05, 3.63) is 71.8 Å². The van der Waals surface area contributed by atoms with E-state index in [1.165, 1.54) is 12.1 Å². The Kier molecular flexibility index (Phi) is 5.87. The van der Waals surface area contributed by atoms with Crippen LogP contribution in [0.4, 0.5) is 13.2 Å². The Morgan fingerprint density at radius 1 is 1.00 bits per heavy atom. The van der Waals surface area contributed by atoms with Crippen LogP contribution in [0.2, 0.25) is 0 Å². The number of nitrogens with zero attached hydrogens (tertiary/aromatic N) is 1. The Labute approximate surface area is 161 Å². The Morgan fingerprint density at radius 3 is 2.56 bits per heavy atom. The van der Waals surface area contributed by atoms with Gasteiger partial charge in [-0.2, -0.15) is 0 Å². The molecule has 1 saturated carbocycles. The first-order chi connectivity index (χ1) is 12.6. The Morgan fingerprint density at radius 2 is 1.81 bits per heavy atom. The van der Waals surface area contributed by atoms with Crippen molar-refractivity contribution in [2.45, 2.75) is 31.5 Å². The van der Waals surface area contributed by atoms with Crippen LogP contribution in [0.1, 0.15) is 18.4 Å². The van der Waals surface area contributed by atoms with Gasteiger partial charge in [-0.05, 0) is 48.6 Å². The second kappa shape index (κ2) is 8.15. The van der Waals surface area contributed by atoms with Crippen LogP contribution >= 0.6 is 12.4 Å². The zero-order valence-electron chi connectivity index (χ0n) is 14.3. The topological polar surface area (TPSA) is 34.1 Å². The highest BCUT2D eigenvalue weighted by Gasteiger charge is 2.32. The molecule has 7 heteroatoms. The number of fused-ring (bicyclic) bond motifs is 1. The van der Waals surface area contributed by atoms with E-state index in [4.69, 9.17) is 4.74 Å². The van der Waals surface area contributed by atoms with Gasteiger partial charge in [-0.3, -0.25) is 4.98 Å². The number of rotatable bonds is 5. The molecule has 0 aliphatic heterocycles. The lowest BCUT2D eigenvalue weighted by molar-refractivity contribution is 0.0713. The van der Waals surface area contributed by atoms with Crippen LogP contribution in [-0.4, -0.2) is 17.1 Å². The van der Waals surface area contributed by atoms with E-state index < -0.39 is 11.6 Å². The van der Waals surface area contributed by atoms with Crippen molar-refractivity contribution < 1.29 is 17.9 Å². The predicted octanol–water partition coefficient (Wildman–Crippen LogP) is 4.77. The molecule has 0 spiro atoms. The van der Waals surface area contributed by atoms with Gasteiger partial charge < -0.3 is 10.1 Å². The molecule has 1 aliphatic carbocycles. The van der Waals surface area contributed by atoms with E-state index in [0.29, 0.717) is 17.9 Å². The number of nitrogens with one attached hydrogen (secondary N) is 1. The maximum Gasteiger partial charge on any atom is 0.162 e. The third kappa shape index (κ3) is 4.01. The van der Waals surface area contributed by atoms with Crippen molar-refractivity contribution in [2.75, 3.05) is 0 Å². The highest BCUT2D eigenvalue weighted by atomic mass is 35.5. The third-order valence-electron chi connectivity index (χ3n) is 4.81. The number of aromatic nitrogens is 1. The molecule has 2 atom stereocenters. The number of hydrogen-bond donors (Lipinski definition) is 1. The minimum absolute atomic E-state index is 0. The molecule has 27 heavy (non-hydrogen) atoms. The molecule has 0 saturated heterocycles. The lowest BCUT2D eigenvalue weighted by Gasteiger charge is -2.37. The molecule has 1 N–H and O–H groups in total. The molecule has 142 valence electrons. The van der Waals surface area contributed by atoms with Gasteiger partial charge in [-0.15, -0.1) is 12.4 Å². The summed E-state index contributed by atoms with van der Waals surface area (Å²) in [6.45, 7) is 0.357. The lowest BCUT2D eigenvalue weighted by Crippen LogP contribution is -2.50. The van der Waals surface area contributed by atoms with Crippen LogP contribution in [0, 0.1) is 17.5 Å². The summed E-state index contributed by atoms with van der Waals surface area (Å²) in [5, 5.41) is 5.02. The van der Waals surface area contributed by atoms with Gasteiger partial charge in [0.15, 0.2) is 11.6 Å². The largest absolute Gasteiger partial charge is 0.489 e. The number of hydrogen-bond acceptors (Lipinski definition) is 3. The Balaban J connectivity index is 0.00000210. The van der Waals surface area contributed by atoms with Crippen molar-refractivity contribution in [3.63, 3.8) is 0 Å². The second-order valence-corrected chi connectivity index (χ2v) is 6.42. The zero-order valence-corrected chi connectivity index (χ0v) is 15.1. The summed E-state index contributed by atoms with van der Waals surface area (Å²) in [6.07, 6.45) is 4.88. The number of pyridine rings is 1.